The van der Waals surface area contributed by atoms with Crippen LogP contribution in [0.1, 0.15) is 32.4 Å². The maximum Gasteiger partial charge on any atom is 0.127 e. The molecule has 1 rings (SSSR count). The summed E-state index contributed by atoms with van der Waals surface area (Å²) in [5, 5.41) is 0. The fourth-order valence-corrected chi connectivity index (χ4v) is 2.10. The van der Waals surface area contributed by atoms with E-state index in [0.717, 1.165) is 36.7 Å². The zero-order chi connectivity index (χ0) is 14.3. The number of rotatable bonds is 8. The molecule has 1 atom stereocenters. The van der Waals surface area contributed by atoms with Crippen LogP contribution in [-0.2, 0) is 0 Å². The topological polar surface area (TPSA) is 47.7 Å². The zero-order valence-electron chi connectivity index (χ0n) is 12.5. The van der Waals surface area contributed by atoms with Crippen molar-refractivity contribution in [1.82, 2.24) is 4.90 Å². The van der Waals surface area contributed by atoms with E-state index in [2.05, 4.69) is 18.7 Å². The Balaban J connectivity index is 2.72. The number of ether oxygens (including phenoxy) is 2. The first kappa shape index (κ1) is 15.8. The third-order valence-corrected chi connectivity index (χ3v) is 3.26. The minimum absolute atomic E-state index is 0.111. The molecule has 0 aliphatic heterocycles. The molecule has 2 N–H and O–H groups in total. The second-order valence-corrected chi connectivity index (χ2v) is 4.54. The number of hydrogen-bond acceptors (Lipinski definition) is 4. The Morgan fingerprint density at radius 2 is 1.84 bits per heavy atom. The minimum Gasteiger partial charge on any atom is -0.496 e. The van der Waals surface area contributed by atoms with Gasteiger partial charge in [-0.25, -0.2) is 0 Å². The highest BCUT2D eigenvalue weighted by Gasteiger charge is 2.14. The first-order valence-electron chi connectivity index (χ1n) is 6.91. The third kappa shape index (κ3) is 4.40. The second-order valence-electron chi connectivity index (χ2n) is 4.54. The SMILES string of the molecule is CCN(CC)CCOc1cccc(OC)c1C(C)N. The van der Waals surface area contributed by atoms with E-state index in [4.69, 9.17) is 15.2 Å². The van der Waals surface area contributed by atoms with Gasteiger partial charge in [-0.1, -0.05) is 19.9 Å². The number of nitrogens with two attached hydrogens (primary N) is 1. The van der Waals surface area contributed by atoms with Crippen LogP contribution in [0.15, 0.2) is 18.2 Å². The molecule has 1 aromatic rings. The molecule has 0 saturated carbocycles. The number of benzene rings is 1. The van der Waals surface area contributed by atoms with Gasteiger partial charge in [0, 0.05) is 12.6 Å². The maximum atomic E-state index is 6.00. The van der Waals surface area contributed by atoms with Crippen LogP contribution in [0.25, 0.3) is 0 Å². The van der Waals surface area contributed by atoms with E-state index in [1.54, 1.807) is 7.11 Å². The molecular weight excluding hydrogens is 240 g/mol. The molecule has 4 nitrogen and oxygen atoms in total. The van der Waals surface area contributed by atoms with Gasteiger partial charge >= 0.3 is 0 Å². The molecule has 0 bridgehead atoms. The number of likely N-dealkylation sites (N-methyl/N-ethyl adjacent to an activating group) is 1. The van der Waals surface area contributed by atoms with Crippen molar-refractivity contribution >= 4 is 0 Å². The molecule has 1 aromatic carbocycles. The molecule has 0 fully saturated rings. The second kappa shape index (κ2) is 8.02. The first-order chi connectivity index (χ1) is 9.13. The largest absolute Gasteiger partial charge is 0.496 e. The molecule has 4 heteroatoms. The summed E-state index contributed by atoms with van der Waals surface area (Å²) in [6.07, 6.45) is 0. The van der Waals surface area contributed by atoms with Gasteiger partial charge < -0.3 is 20.1 Å². The standard InChI is InChI=1S/C15H26N2O2/c1-5-17(6-2)10-11-19-14-9-7-8-13(18-4)15(14)12(3)16/h7-9,12H,5-6,10-11,16H2,1-4H3. The Morgan fingerprint density at radius 3 is 2.37 bits per heavy atom. The lowest BCUT2D eigenvalue weighted by atomic mass is 10.1. The fourth-order valence-electron chi connectivity index (χ4n) is 2.10. The van der Waals surface area contributed by atoms with Gasteiger partial charge in [-0.15, -0.1) is 0 Å². The summed E-state index contributed by atoms with van der Waals surface area (Å²) >= 11 is 0. The number of hydrogen-bond donors (Lipinski definition) is 1. The predicted octanol–water partition coefficient (Wildman–Crippen LogP) is 2.44. The van der Waals surface area contributed by atoms with Crippen LogP contribution in [0.4, 0.5) is 0 Å². The van der Waals surface area contributed by atoms with Crippen LogP contribution in [0.2, 0.25) is 0 Å². The fraction of sp³-hybridized carbons (Fsp3) is 0.600. The van der Waals surface area contributed by atoms with Crippen molar-refractivity contribution in [3.05, 3.63) is 23.8 Å². The molecular formula is C15H26N2O2. The maximum absolute atomic E-state index is 6.00. The molecule has 1 unspecified atom stereocenters. The summed E-state index contributed by atoms with van der Waals surface area (Å²) in [4.78, 5) is 2.33. The average molecular weight is 266 g/mol. The van der Waals surface area contributed by atoms with Crippen molar-refractivity contribution in [2.75, 3.05) is 33.4 Å². The Hall–Kier alpha value is -1.26. The lowest BCUT2D eigenvalue weighted by molar-refractivity contribution is 0.220. The van der Waals surface area contributed by atoms with Gasteiger partial charge in [0.25, 0.3) is 0 Å². The van der Waals surface area contributed by atoms with Gasteiger partial charge in [0.15, 0.2) is 0 Å². The van der Waals surface area contributed by atoms with Gasteiger partial charge in [-0.3, -0.25) is 0 Å². The highest BCUT2D eigenvalue weighted by molar-refractivity contribution is 5.46. The molecule has 0 saturated heterocycles. The molecule has 108 valence electrons. The molecule has 0 spiro atoms. The van der Waals surface area contributed by atoms with Gasteiger partial charge in [0.2, 0.25) is 0 Å². The van der Waals surface area contributed by atoms with Crippen molar-refractivity contribution in [2.24, 2.45) is 5.73 Å². The van der Waals surface area contributed by atoms with Gasteiger partial charge in [0.05, 0.1) is 12.7 Å². The number of nitrogens with zero attached hydrogens (tertiary/aromatic N) is 1. The highest BCUT2D eigenvalue weighted by Crippen LogP contribution is 2.32. The van der Waals surface area contributed by atoms with Crippen LogP contribution >= 0.6 is 0 Å². The van der Waals surface area contributed by atoms with E-state index in [-0.39, 0.29) is 6.04 Å². The molecule has 19 heavy (non-hydrogen) atoms. The van der Waals surface area contributed by atoms with E-state index < -0.39 is 0 Å². The Kier molecular flexibility index (Phi) is 6.67. The van der Waals surface area contributed by atoms with Crippen molar-refractivity contribution in [1.29, 1.82) is 0 Å². The Morgan fingerprint density at radius 1 is 1.21 bits per heavy atom. The van der Waals surface area contributed by atoms with Crippen LogP contribution in [0.5, 0.6) is 11.5 Å². The zero-order valence-corrected chi connectivity index (χ0v) is 12.5. The third-order valence-electron chi connectivity index (χ3n) is 3.26. The molecule has 0 aliphatic rings. The van der Waals surface area contributed by atoms with E-state index >= 15 is 0 Å². The highest BCUT2D eigenvalue weighted by atomic mass is 16.5. The summed E-state index contributed by atoms with van der Waals surface area (Å²) in [7, 11) is 1.65. The van der Waals surface area contributed by atoms with Crippen LogP contribution in [-0.4, -0.2) is 38.3 Å². The quantitative estimate of drug-likeness (QED) is 0.785. The summed E-state index contributed by atoms with van der Waals surface area (Å²) in [5.41, 5.74) is 6.94. The molecule has 0 heterocycles. The predicted molar refractivity (Wildman–Crippen MR) is 78.9 cm³/mol. The number of methoxy groups -OCH3 is 1. The van der Waals surface area contributed by atoms with Gasteiger partial charge in [-0.2, -0.15) is 0 Å². The molecule has 0 aromatic heterocycles. The summed E-state index contributed by atoms with van der Waals surface area (Å²) < 4.78 is 11.2. The lowest BCUT2D eigenvalue weighted by Crippen LogP contribution is -2.28. The first-order valence-corrected chi connectivity index (χ1v) is 6.91. The van der Waals surface area contributed by atoms with E-state index in [1.165, 1.54) is 0 Å². The van der Waals surface area contributed by atoms with Crippen LogP contribution < -0.4 is 15.2 Å². The monoisotopic (exact) mass is 266 g/mol. The van der Waals surface area contributed by atoms with Crippen LogP contribution in [0.3, 0.4) is 0 Å². The van der Waals surface area contributed by atoms with Gasteiger partial charge in [0.1, 0.15) is 18.1 Å². The summed E-state index contributed by atoms with van der Waals surface area (Å²) in [6, 6.07) is 5.68. The van der Waals surface area contributed by atoms with Crippen molar-refractivity contribution in [2.45, 2.75) is 26.8 Å². The Labute approximate surface area is 116 Å². The van der Waals surface area contributed by atoms with E-state index in [1.807, 2.05) is 25.1 Å². The van der Waals surface area contributed by atoms with E-state index in [0.29, 0.717) is 6.61 Å². The summed E-state index contributed by atoms with van der Waals surface area (Å²) in [5.74, 6) is 1.61. The lowest BCUT2D eigenvalue weighted by Gasteiger charge is -2.20. The smallest absolute Gasteiger partial charge is 0.127 e. The van der Waals surface area contributed by atoms with Crippen molar-refractivity contribution < 1.29 is 9.47 Å². The normalized spacial score (nSPS) is 12.5. The molecule has 0 amide bonds. The average Bonchev–Trinajstić information content (AvgIpc) is 2.42. The van der Waals surface area contributed by atoms with E-state index in [9.17, 15) is 0 Å². The van der Waals surface area contributed by atoms with Crippen LogP contribution in [0, 0.1) is 0 Å². The minimum atomic E-state index is -0.111. The Bertz CT molecular complexity index is 376. The molecule has 0 aliphatic carbocycles. The molecule has 0 radical (unpaired) electrons. The van der Waals surface area contributed by atoms with Crippen molar-refractivity contribution in [3.8, 4) is 11.5 Å². The van der Waals surface area contributed by atoms with Gasteiger partial charge in [-0.05, 0) is 32.1 Å². The summed E-state index contributed by atoms with van der Waals surface area (Å²) in [6.45, 7) is 9.91. The van der Waals surface area contributed by atoms with Crippen molar-refractivity contribution in [3.63, 3.8) is 0 Å².